The van der Waals surface area contributed by atoms with Crippen molar-refractivity contribution < 1.29 is 30.3 Å². The highest BCUT2D eigenvalue weighted by atomic mass is 16.6. The average molecular weight is 213 g/mol. The molecule has 0 radical (unpaired) electrons. The molecule has 0 heterocycles. The number of aliphatic hydroxyl groups is 3. The van der Waals surface area contributed by atoms with E-state index in [-0.39, 0.29) is 20.2 Å². The van der Waals surface area contributed by atoms with Crippen LogP contribution in [-0.2, 0) is 0 Å². The largest absolute Gasteiger partial charge is 0.503 e. The van der Waals surface area contributed by atoms with Crippen LogP contribution in [0.4, 0.5) is 4.79 Å². The van der Waals surface area contributed by atoms with Crippen LogP contribution in [0.1, 0.15) is 0 Å². The third-order valence-electron chi connectivity index (χ3n) is 0.886. The standard InChI is InChI=1S/C4H13N3O3.CH2O3/c8-1-5-4(6-2-9)7-3-10;2-1(3)4/h4-10H,1-3H2;(H2,2,3,4). The Labute approximate surface area is 80.0 Å². The van der Waals surface area contributed by atoms with Crippen LogP contribution < -0.4 is 16.0 Å². The molecule has 0 fully saturated rings. The topological polar surface area (TPSA) is 154 Å². The van der Waals surface area contributed by atoms with Gasteiger partial charge in [0.1, 0.15) is 6.29 Å². The van der Waals surface area contributed by atoms with Gasteiger partial charge in [0.15, 0.2) is 0 Å². The van der Waals surface area contributed by atoms with Crippen LogP contribution >= 0.6 is 0 Å². The molecule has 0 atom stereocenters. The van der Waals surface area contributed by atoms with E-state index < -0.39 is 12.4 Å². The van der Waals surface area contributed by atoms with E-state index in [1.165, 1.54) is 0 Å². The van der Waals surface area contributed by atoms with E-state index in [1.807, 2.05) is 0 Å². The number of carbonyl (C=O) groups is 1. The van der Waals surface area contributed by atoms with Gasteiger partial charge in [-0.05, 0) is 0 Å². The van der Waals surface area contributed by atoms with Crippen LogP contribution in [0.2, 0.25) is 0 Å². The minimum Gasteiger partial charge on any atom is -0.450 e. The molecule has 14 heavy (non-hydrogen) atoms. The summed E-state index contributed by atoms with van der Waals surface area (Å²) in [5, 5.41) is 46.4. The minimum atomic E-state index is -1.83. The molecule has 0 aromatic rings. The first-order valence-electron chi connectivity index (χ1n) is 3.53. The summed E-state index contributed by atoms with van der Waals surface area (Å²) in [6.07, 6.45) is -2.31. The molecule has 0 aliphatic carbocycles. The van der Waals surface area contributed by atoms with Gasteiger partial charge in [0, 0.05) is 0 Å². The lowest BCUT2D eigenvalue weighted by molar-refractivity contribution is 0.136. The highest BCUT2D eigenvalue weighted by Crippen LogP contribution is 1.66. The van der Waals surface area contributed by atoms with Crippen molar-refractivity contribution in [2.24, 2.45) is 0 Å². The highest BCUT2D eigenvalue weighted by molar-refractivity contribution is 5.53. The predicted molar refractivity (Wildman–Crippen MR) is 45.1 cm³/mol. The van der Waals surface area contributed by atoms with Crippen molar-refractivity contribution in [2.45, 2.75) is 6.29 Å². The second-order valence-corrected chi connectivity index (χ2v) is 1.80. The predicted octanol–water partition coefficient (Wildman–Crippen LogP) is -2.89. The van der Waals surface area contributed by atoms with Gasteiger partial charge in [-0.25, -0.2) is 4.79 Å². The zero-order chi connectivity index (χ0) is 11.4. The maximum absolute atomic E-state index is 8.56. The van der Waals surface area contributed by atoms with Crippen LogP contribution in [0, 0.1) is 0 Å². The van der Waals surface area contributed by atoms with Gasteiger partial charge in [0.2, 0.25) is 0 Å². The van der Waals surface area contributed by atoms with Gasteiger partial charge in [-0.15, -0.1) is 0 Å². The molecule has 0 amide bonds. The monoisotopic (exact) mass is 213 g/mol. The zero-order valence-electron chi connectivity index (χ0n) is 7.34. The van der Waals surface area contributed by atoms with Gasteiger partial charge < -0.3 is 25.5 Å². The van der Waals surface area contributed by atoms with Crippen molar-refractivity contribution in [3.8, 4) is 0 Å². The molecule has 8 N–H and O–H groups in total. The third-order valence-corrected chi connectivity index (χ3v) is 0.886. The summed E-state index contributed by atoms with van der Waals surface area (Å²) in [6, 6.07) is 0. The van der Waals surface area contributed by atoms with Crippen LogP contribution in [0.25, 0.3) is 0 Å². The second kappa shape index (κ2) is 12.0. The van der Waals surface area contributed by atoms with Crippen LogP contribution in [0.3, 0.4) is 0 Å². The third kappa shape index (κ3) is 17.2. The molecular formula is C5H15N3O6. The summed E-state index contributed by atoms with van der Waals surface area (Å²) >= 11 is 0. The summed E-state index contributed by atoms with van der Waals surface area (Å²) in [5.41, 5.74) is 0. The number of hydrogen-bond acceptors (Lipinski definition) is 7. The summed E-state index contributed by atoms with van der Waals surface area (Å²) in [5.74, 6) is 0. The molecule has 0 saturated carbocycles. The molecule has 0 aromatic carbocycles. The Balaban J connectivity index is 0. The van der Waals surface area contributed by atoms with Crippen LogP contribution in [0.15, 0.2) is 0 Å². The summed E-state index contributed by atoms with van der Waals surface area (Å²) in [4.78, 5) is 8.56. The molecule has 0 aliphatic rings. The Bertz CT molecular complexity index is 116. The van der Waals surface area contributed by atoms with Crippen molar-refractivity contribution in [3.05, 3.63) is 0 Å². The Hall–Kier alpha value is -0.970. The second-order valence-electron chi connectivity index (χ2n) is 1.80. The maximum Gasteiger partial charge on any atom is 0.503 e. The van der Waals surface area contributed by atoms with E-state index in [9.17, 15) is 0 Å². The number of hydrogen-bond donors (Lipinski definition) is 8. The lowest BCUT2D eigenvalue weighted by Crippen LogP contribution is -2.53. The van der Waals surface area contributed by atoms with E-state index in [0.717, 1.165) is 0 Å². The molecule has 86 valence electrons. The Morgan fingerprint density at radius 1 is 0.929 bits per heavy atom. The first kappa shape index (κ1) is 15.5. The van der Waals surface area contributed by atoms with E-state index >= 15 is 0 Å². The van der Waals surface area contributed by atoms with Crippen LogP contribution in [-0.4, -0.2) is 58.2 Å². The number of aliphatic hydroxyl groups excluding tert-OH is 3. The van der Waals surface area contributed by atoms with Gasteiger partial charge >= 0.3 is 6.16 Å². The smallest absolute Gasteiger partial charge is 0.450 e. The van der Waals surface area contributed by atoms with E-state index in [0.29, 0.717) is 0 Å². The Morgan fingerprint density at radius 2 is 1.14 bits per heavy atom. The SMILES string of the molecule is O=C(O)O.OCNC(NCO)NCO. The normalized spacial score (nSPS) is 9.43. The van der Waals surface area contributed by atoms with Gasteiger partial charge in [-0.1, -0.05) is 0 Å². The van der Waals surface area contributed by atoms with E-state index in [2.05, 4.69) is 16.0 Å². The Kier molecular flexibility index (Phi) is 13.3. The number of nitrogens with one attached hydrogen (secondary N) is 3. The number of rotatable bonds is 6. The van der Waals surface area contributed by atoms with Crippen molar-refractivity contribution in [1.82, 2.24) is 16.0 Å². The summed E-state index contributed by atoms with van der Waals surface area (Å²) in [6.45, 7) is -0.694. The minimum absolute atomic E-state index is 0.231. The first-order valence-corrected chi connectivity index (χ1v) is 3.53. The van der Waals surface area contributed by atoms with E-state index in [1.54, 1.807) is 0 Å². The molecule has 0 unspecified atom stereocenters. The fourth-order valence-electron chi connectivity index (χ4n) is 0.490. The molecular weight excluding hydrogens is 198 g/mol. The zero-order valence-corrected chi connectivity index (χ0v) is 7.34. The van der Waals surface area contributed by atoms with Crippen LogP contribution in [0.5, 0.6) is 0 Å². The lowest BCUT2D eigenvalue weighted by atomic mass is 10.7. The quantitative estimate of drug-likeness (QED) is 0.217. The van der Waals surface area contributed by atoms with Gasteiger partial charge in [-0.3, -0.25) is 16.0 Å². The number of carboxylic acid groups (broad SMARTS) is 2. The first-order chi connectivity index (χ1) is 6.58. The van der Waals surface area contributed by atoms with Gasteiger partial charge in [0.25, 0.3) is 0 Å². The summed E-state index contributed by atoms with van der Waals surface area (Å²) in [7, 11) is 0. The average Bonchev–Trinajstić information content (AvgIpc) is 2.04. The summed E-state index contributed by atoms with van der Waals surface area (Å²) < 4.78 is 0. The van der Waals surface area contributed by atoms with Crippen molar-refractivity contribution >= 4 is 6.16 Å². The molecule has 9 nitrogen and oxygen atoms in total. The molecule has 0 saturated heterocycles. The van der Waals surface area contributed by atoms with E-state index in [4.69, 9.17) is 30.3 Å². The molecule has 0 spiro atoms. The lowest BCUT2D eigenvalue weighted by Gasteiger charge is -2.17. The van der Waals surface area contributed by atoms with Crippen molar-refractivity contribution in [2.75, 3.05) is 20.2 Å². The molecule has 0 aromatic heterocycles. The van der Waals surface area contributed by atoms with Gasteiger partial charge in [-0.2, -0.15) is 0 Å². The van der Waals surface area contributed by atoms with Crippen molar-refractivity contribution in [3.63, 3.8) is 0 Å². The molecule has 0 bridgehead atoms. The van der Waals surface area contributed by atoms with Crippen molar-refractivity contribution in [1.29, 1.82) is 0 Å². The highest BCUT2D eigenvalue weighted by Gasteiger charge is 2.00. The van der Waals surface area contributed by atoms with Gasteiger partial charge in [0.05, 0.1) is 20.2 Å². The maximum atomic E-state index is 8.56. The molecule has 0 aliphatic heterocycles. The fraction of sp³-hybridized carbons (Fsp3) is 0.800. The molecule has 9 heteroatoms. The molecule has 0 rings (SSSR count). The Morgan fingerprint density at radius 3 is 1.29 bits per heavy atom. The fourth-order valence-corrected chi connectivity index (χ4v) is 0.490.